The van der Waals surface area contributed by atoms with Crippen molar-refractivity contribution in [3.8, 4) is 0 Å². The average molecular weight is 240 g/mol. The van der Waals surface area contributed by atoms with E-state index in [2.05, 4.69) is 30.9 Å². The van der Waals surface area contributed by atoms with Gasteiger partial charge < -0.3 is 10.2 Å². The quantitative estimate of drug-likeness (QED) is 0.470. The number of carbonyl (C=O) groups excluding carboxylic acids is 1. The van der Waals surface area contributed by atoms with E-state index in [0.29, 0.717) is 5.57 Å². The van der Waals surface area contributed by atoms with Gasteiger partial charge in [0.2, 0.25) is 5.91 Å². The predicted octanol–water partition coefficient (Wildman–Crippen LogP) is 2.58. The summed E-state index contributed by atoms with van der Waals surface area (Å²) in [6, 6.07) is 0. The van der Waals surface area contributed by atoms with Crippen LogP contribution >= 0.6 is 0 Å². The van der Waals surface area contributed by atoms with Crippen molar-refractivity contribution in [3.05, 3.63) is 12.2 Å². The first-order valence-electron chi connectivity index (χ1n) is 6.62. The topological polar surface area (TPSA) is 32.3 Å². The van der Waals surface area contributed by atoms with Crippen molar-refractivity contribution in [2.75, 3.05) is 27.2 Å². The number of nitrogens with one attached hydrogen (secondary N) is 1. The number of amides is 1. The van der Waals surface area contributed by atoms with Gasteiger partial charge >= 0.3 is 0 Å². The third kappa shape index (κ3) is 11.4. The molecule has 0 aromatic heterocycles. The Kier molecular flexibility index (Phi) is 9.83. The van der Waals surface area contributed by atoms with E-state index in [1.807, 2.05) is 0 Å². The van der Waals surface area contributed by atoms with Gasteiger partial charge in [-0.1, -0.05) is 32.3 Å². The lowest BCUT2D eigenvalue weighted by molar-refractivity contribution is -0.117. The number of hydrogen-bond acceptors (Lipinski definition) is 2. The summed E-state index contributed by atoms with van der Waals surface area (Å²) in [6.07, 6.45) is 7.47. The molecule has 0 bridgehead atoms. The molecule has 1 amide bonds. The van der Waals surface area contributed by atoms with Gasteiger partial charge in [-0.3, -0.25) is 4.79 Å². The highest BCUT2D eigenvalue weighted by Crippen LogP contribution is 2.05. The van der Waals surface area contributed by atoms with Crippen LogP contribution in [-0.4, -0.2) is 38.0 Å². The van der Waals surface area contributed by atoms with Crippen LogP contribution in [-0.2, 0) is 4.79 Å². The molecule has 0 aromatic rings. The maximum absolute atomic E-state index is 11.2. The van der Waals surface area contributed by atoms with Gasteiger partial charge in [0.25, 0.3) is 0 Å². The number of nitrogens with zero attached hydrogens (tertiary/aromatic N) is 1. The molecule has 0 unspecified atom stereocenters. The summed E-state index contributed by atoms with van der Waals surface area (Å²) in [5.74, 6) is -0.0176. The Labute approximate surface area is 106 Å². The standard InChI is InChI=1S/C14H28N2O/c1-13(2)14(17)15-11-9-7-5-6-8-10-12-16(3)4/h1,5-12H2,2-4H3,(H,15,17). The van der Waals surface area contributed by atoms with Gasteiger partial charge in [0.15, 0.2) is 0 Å². The monoisotopic (exact) mass is 240 g/mol. The van der Waals surface area contributed by atoms with Crippen molar-refractivity contribution in [2.45, 2.75) is 45.4 Å². The minimum absolute atomic E-state index is 0.0176. The van der Waals surface area contributed by atoms with E-state index in [4.69, 9.17) is 0 Å². The Morgan fingerprint density at radius 1 is 1.06 bits per heavy atom. The molecule has 3 nitrogen and oxygen atoms in total. The van der Waals surface area contributed by atoms with E-state index in [9.17, 15) is 4.79 Å². The van der Waals surface area contributed by atoms with Gasteiger partial charge in [-0.05, 0) is 40.4 Å². The molecule has 0 spiro atoms. The van der Waals surface area contributed by atoms with Crippen LogP contribution in [0.1, 0.15) is 45.4 Å². The fourth-order valence-electron chi connectivity index (χ4n) is 1.61. The Bertz CT molecular complexity index is 224. The van der Waals surface area contributed by atoms with Crippen LogP contribution in [0.15, 0.2) is 12.2 Å². The van der Waals surface area contributed by atoms with Gasteiger partial charge in [0, 0.05) is 12.1 Å². The second-order valence-electron chi connectivity index (χ2n) is 4.96. The molecule has 0 fully saturated rings. The maximum atomic E-state index is 11.2. The Morgan fingerprint density at radius 3 is 2.12 bits per heavy atom. The fraction of sp³-hybridized carbons (Fsp3) is 0.786. The van der Waals surface area contributed by atoms with Crippen molar-refractivity contribution in [1.82, 2.24) is 10.2 Å². The van der Waals surface area contributed by atoms with Crippen LogP contribution in [0.3, 0.4) is 0 Å². The SMILES string of the molecule is C=C(C)C(=O)NCCCCCCCCN(C)C. The molecule has 3 heteroatoms. The summed E-state index contributed by atoms with van der Waals surface area (Å²) < 4.78 is 0. The molecular weight excluding hydrogens is 212 g/mol. The second kappa shape index (κ2) is 10.3. The second-order valence-corrected chi connectivity index (χ2v) is 4.96. The summed E-state index contributed by atoms with van der Waals surface area (Å²) in [6.45, 7) is 7.31. The predicted molar refractivity (Wildman–Crippen MR) is 74.1 cm³/mol. The fourth-order valence-corrected chi connectivity index (χ4v) is 1.61. The molecule has 0 aromatic carbocycles. The van der Waals surface area contributed by atoms with Crippen LogP contribution in [0.5, 0.6) is 0 Å². The number of unbranched alkanes of at least 4 members (excludes halogenated alkanes) is 5. The molecular formula is C14H28N2O. The van der Waals surface area contributed by atoms with Crippen LogP contribution in [0.4, 0.5) is 0 Å². The highest BCUT2D eigenvalue weighted by Gasteiger charge is 1.99. The summed E-state index contributed by atoms with van der Waals surface area (Å²) in [4.78, 5) is 13.4. The van der Waals surface area contributed by atoms with Gasteiger partial charge in [-0.15, -0.1) is 0 Å². The van der Waals surface area contributed by atoms with Gasteiger partial charge in [0.1, 0.15) is 0 Å². The summed E-state index contributed by atoms with van der Waals surface area (Å²) in [7, 11) is 4.23. The van der Waals surface area contributed by atoms with Crippen molar-refractivity contribution in [3.63, 3.8) is 0 Å². The van der Waals surface area contributed by atoms with Crippen LogP contribution in [0, 0.1) is 0 Å². The largest absolute Gasteiger partial charge is 0.352 e. The van der Waals surface area contributed by atoms with Crippen molar-refractivity contribution in [2.24, 2.45) is 0 Å². The molecule has 0 atom stereocenters. The van der Waals surface area contributed by atoms with E-state index >= 15 is 0 Å². The zero-order chi connectivity index (χ0) is 13.1. The van der Waals surface area contributed by atoms with Crippen LogP contribution in [0.25, 0.3) is 0 Å². The normalized spacial score (nSPS) is 10.6. The van der Waals surface area contributed by atoms with Crippen LogP contribution < -0.4 is 5.32 Å². The zero-order valence-electron chi connectivity index (χ0n) is 11.7. The van der Waals surface area contributed by atoms with E-state index in [1.54, 1.807) is 6.92 Å². The van der Waals surface area contributed by atoms with E-state index in [0.717, 1.165) is 13.0 Å². The van der Waals surface area contributed by atoms with Gasteiger partial charge in [0.05, 0.1) is 0 Å². The molecule has 0 saturated heterocycles. The summed E-state index contributed by atoms with van der Waals surface area (Å²) in [5.41, 5.74) is 0.591. The minimum Gasteiger partial charge on any atom is -0.352 e. The first-order valence-corrected chi connectivity index (χ1v) is 6.62. The lowest BCUT2D eigenvalue weighted by atomic mass is 10.1. The van der Waals surface area contributed by atoms with Crippen molar-refractivity contribution in [1.29, 1.82) is 0 Å². The molecule has 0 heterocycles. The first-order chi connectivity index (χ1) is 8.04. The molecule has 0 aliphatic heterocycles. The maximum Gasteiger partial charge on any atom is 0.246 e. The summed E-state index contributed by atoms with van der Waals surface area (Å²) in [5, 5.41) is 2.85. The Hall–Kier alpha value is -0.830. The summed E-state index contributed by atoms with van der Waals surface area (Å²) >= 11 is 0. The first kappa shape index (κ1) is 16.2. The number of carbonyl (C=O) groups is 1. The lowest BCUT2D eigenvalue weighted by Crippen LogP contribution is -2.24. The third-order valence-corrected chi connectivity index (χ3v) is 2.71. The van der Waals surface area contributed by atoms with E-state index in [1.165, 1.54) is 38.6 Å². The van der Waals surface area contributed by atoms with Gasteiger partial charge in [-0.25, -0.2) is 0 Å². The highest BCUT2D eigenvalue weighted by molar-refractivity contribution is 5.91. The van der Waals surface area contributed by atoms with Crippen molar-refractivity contribution >= 4 is 5.91 Å². The zero-order valence-corrected chi connectivity index (χ0v) is 11.7. The van der Waals surface area contributed by atoms with Crippen molar-refractivity contribution < 1.29 is 4.79 Å². The molecule has 17 heavy (non-hydrogen) atoms. The van der Waals surface area contributed by atoms with Crippen LogP contribution in [0.2, 0.25) is 0 Å². The molecule has 0 rings (SSSR count). The molecule has 0 radical (unpaired) electrons. The Morgan fingerprint density at radius 2 is 1.59 bits per heavy atom. The molecule has 100 valence electrons. The van der Waals surface area contributed by atoms with E-state index < -0.39 is 0 Å². The number of rotatable bonds is 10. The molecule has 0 saturated carbocycles. The highest BCUT2D eigenvalue weighted by atomic mass is 16.1. The third-order valence-electron chi connectivity index (χ3n) is 2.71. The molecule has 1 N–H and O–H groups in total. The minimum atomic E-state index is -0.0176. The molecule has 0 aliphatic carbocycles. The van der Waals surface area contributed by atoms with E-state index in [-0.39, 0.29) is 5.91 Å². The molecule has 0 aliphatic rings. The average Bonchev–Trinajstić information content (AvgIpc) is 2.25. The smallest absolute Gasteiger partial charge is 0.246 e. The van der Waals surface area contributed by atoms with Gasteiger partial charge in [-0.2, -0.15) is 0 Å². The number of hydrogen-bond donors (Lipinski definition) is 1. The lowest BCUT2D eigenvalue weighted by Gasteiger charge is -2.08. The Balaban J connectivity index is 3.14.